The van der Waals surface area contributed by atoms with Crippen molar-refractivity contribution in [1.82, 2.24) is 5.01 Å². The highest BCUT2D eigenvalue weighted by Crippen LogP contribution is 2.32. The summed E-state index contributed by atoms with van der Waals surface area (Å²) in [5, 5.41) is 8.07. The van der Waals surface area contributed by atoms with Crippen LogP contribution in [0.1, 0.15) is 11.1 Å². The number of para-hydroxylation sites is 1. The van der Waals surface area contributed by atoms with Gasteiger partial charge in [-0.25, -0.2) is 9.80 Å². The topological polar surface area (TPSA) is 53.9 Å². The summed E-state index contributed by atoms with van der Waals surface area (Å²) in [7, 11) is 0. The fraction of sp³-hybridized carbons (Fsp3) is 0.111. The quantitative estimate of drug-likeness (QED) is 0.828. The monoisotopic (exact) mass is 359 g/mol. The first-order valence-electron chi connectivity index (χ1n) is 7.72. The van der Waals surface area contributed by atoms with E-state index >= 15 is 0 Å². The van der Waals surface area contributed by atoms with Gasteiger partial charge in [-0.3, -0.25) is 0 Å². The van der Waals surface area contributed by atoms with Gasteiger partial charge in [-0.1, -0.05) is 12.1 Å². The third-order valence-electron chi connectivity index (χ3n) is 4.01. The van der Waals surface area contributed by atoms with Gasteiger partial charge in [0.05, 0.1) is 18.4 Å². The molecule has 4 rings (SSSR count). The van der Waals surface area contributed by atoms with E-state index in [0.717, 1.165) is 23.3 Å². The highest BCUT2D eigenvalue weighted by atomic mass is 19.4. The van der Waals surface area contributed by atoms with Crippen molar-refractivity contribution in [3.63, 3.8) is 0 Å². The number of alkyl halides is 3. The maximum absolute atomic E-state index is 12.6. The van der Waals surface area contributed by atoms with E-state index in [-0.39, 0.29) is 12.2 Å². The number of benzene rings is 2. The normalized spacial score (nSPS) is 15.4. The Morgan fingerprint density at radius 1 is 1.12 bits per heavy atom. The Hall–Kier alpha value is -3.29. The average Bonchev–Trinajstić information content (AvgIpc) is 3.06. The van der Waals surface area contributed by atoms with Crippen LogP contribution in [0.25, 0.3) is 0 Å². The number of hydrogen-bond donors (Lipinski definition) is 1. The number of anilines is 1. The van der Waals surface area contributed by atoms with Gasteiger partial charge in [0.2, 0.25) is 0 Å². The summed E-state index contributed by atoms with van der Waals surface area (Å²) in [5.74, 6) is 0.653. The lowest BCUT2D eigenvalue weighted by molar-refractivity contribution is -0.137. The van der Waals surface area contributed by atoms with Crippen LogP contribution in [0.15, 0.2) is 65.5 Å². The first-order chi connectivity index (χ1) is 12.4. The number of halogens is 3. The largest absolute Gasteiger partial charge is 0.464 e. The van der Waals surface area contributed by atoms with Gasteiger partial charge in [0.1, 0.15) is 11.5 Å². The van der Waals surface area contributed by atoms with Crippen LogP contribution in [-0.4, -0.2) is 23.3 Å². The molecule has 132 valence electrons. The standard InChI is InChI=1S/C18H12F3N3O2/c19-18(20,21)12-5-7-13(8-6-12)22-17(25)24-9-11-10-26-15-4-2-1-3-14(15)16(11)23-24/h1-8,10H,9H2,(H,22,25). The third kappa shape index (κ3) is 2.90. The van der Waals surface area contributed by atoms with Crippen LogP contribution in [0.5, 0.6) is 5.75 Å². The van der Waals surface area contributed by atoms with Crippen LogP contribution in [0.3, 0.4) is 0 Å². The van der Waals surface area contributed by atoms with Crippen LogP contribution in [0.2, 0.25) is 0 Å². The van der Waals surface area contributed by atoms with Gasteiger partial charge in [0.15, 0.2) is 0 Å². The van der Waals surface area contributed by atoms with E-state index in [2.05, 4.69) is 10.4 Å². The van der Waals surface area contributed by atoms with Crippen molar-refractivity contribution in [2.45, 2.75) is 6.18 Å². The Kier molecular flexibility index (Phi) is 3.68. The van der Waals surface area contributed by atoms with Crippen molar-refractivity contribution >= 4 is 17.4 Å². The van der Waals surface area contributed by atoms with Gasteiger partial charge in [0.25, 0.3) is 0 Å². The van der Waals surface area contributed by atoms with Crippen LogP contribution >= 0.6 is 0 Å². The summed E-state index contributed by atoms with van der Waals surface area (Å²) < 4.78 is 43.3. The Balaban J connectivity index is 1.51. The zero-order valence-electron chi connectivity index (χ0n) is 13.2. The van der Waals surface area contributed by atoms with Crippen molar-refractivity contribution < 1.29 is 22.7 Å². The van der Waals surface area contributed by atoms with Crippen molar-refractivity contribution in [1.29, 1.82) is 0 Å². The second kappa shape index (κ2) is 5.91. The van der Waals surface area contributed by atoms with E-state index in [1.807, 2.05) is 18.2 Å². The number of nitrogens with one attached hydrogen (secondary N) is 1. The zero-order chi connectivity index (χ0) is 18.3. The molecule has 1 N–H and O–H groups in total. The molecule has 2 heterocycles. The van der Waals surface area contributed by atoms with Gasteiger partial charge in [-0.2, -0.15) is 18.3 Å². The van der Waals surface area contributed by atoms with Crippen LogP contribution in [-0.2, 0) is 6.18 Å². The smallest absolute Gasteiger partial charge is 0.416 e. The minimum Gasteiger partial charge on any atom is -0.464 e. The maximum atomic E-state index is 12.6. The lowest BCUT2D eigenvalue weighted by atomic mass is 10.0. The number of carbonyl (C=O) groups excluding carboxylic acids is 1. The zero-order valence-corrected chi connectivity index (χ0v) is 13.2. The summed E-state index contributed by atoms with van der Waals surface area (Å²) in [4.78, 5) is 12.4. The molecule has 2 aromatic carbocycles. The van der Waals surface area contributed by atoms with E-state index < -0.39 is 17.8 Å². The van der Waals surface area contributed by atoms with E-state index in [9.17, 15) is 18.0 Å². The highest BCUT2D eigenvalue weighted by molar-refractivity contribution is 6.17. The molecule has 0 bridgehead atoms. The number of rotatable bonds is 1. The summed E-state index contributed by atoms with van der Waals surface area (Å²) in [6.45, 7) is 0.218. The fourth-order valence-electron chi connectivity index (χ4n) is 2.72. The van der Waals surface area contributed by atoms with Crippen molar-refractivity contribution in [3.8, 4) is 5.75 Å². The first kappa shape index (κ1) is 16.2. The Morgan fingerprint density at radius 3 is 2.58 bits per heavy atom. The predicted molar refractivity (Wildman–Crippen MR) is 88.9 cm³/mol. The molecule has 2 aliphatic rings. The molecule has 0 unspecified atom stereocenters. The Bertz CT molecular complexity index is 933. The van der Waals surface area contributed by atoms with Crippen LogP contribution < -0.4 is 10.1 Å². The number of ether oxygens (including phenoxy) is 1. The summed E-state index contributed by atoms with van der Waals surface area (Å²) in [5.41, 5.74) is 1.67. The molecule has 2 aromatic rings. The molecule has 0 aromatic heterocycles. The molecule has 0 saturated carbocycles. The first-order valence-corrected chi connectivity index (χ1v) is 7.72. The van der Waals surface area contributed by atoms with Crippen molar-refractivity contribution in [3.05, 3.63) is 71.5 Å². The Labute approximate surface area is 146 Å². The fourth-order valence-corrected chi connectivity index (χ4v) is 2.72. The molecule has 0 saturated heterocycles. The molecule has 2 amide bonds. The molecule has 0 aliphatic carbocycles. The van der Waals surface area contributed by atoms with E-state index in [4.69, 9.17) is 4.74 Å². The van der Waals surface area contributed by atoms with Gasteiger partial charge in [-0.15, -0.1) is 0 Å². The number of urea groups is 1. The molecule has 0 radical (unpaired) electrons. The van der Waals surface area contributed by atoms with Gasteiger partial charge < -0.3 is 10.1 Å². The summed E-state index contributed by atoms with van der Waals surface area (Å²) >= 11 is 0. The molecule has 26 heavy (non-hydrogen) atoms. The Morgan fingerprint density at radius 2 is 1.85 bits per heavy atom. The number of hydrogen-bond acceptors (Lipinski definition) is 3. The lowest BCUT2D eigenvalue weighted by Gasteiger charge is -2.14. The highest BCUT2D eigenvalue weighted by Gasteiger charge is 2.32. The molecule has 0 spiro atoms. The average molecular weight is 359 g/mol. The second-order valence-corrected chi connectivity index (χ2v) is 5.77. The minimum atomic E-state index is -4.42. The molecule has 8 heteroatoms. The SMILES string of the molecule is O=C(Nc1ccc(C(F)(F)F)cc1)N1CC2=COc3ccccc3C2=N1. The molecule has 0 atom stereocenters. The molecular formula is C18H12F3N3O2. The van der Waals surface area contributed by atoms with Gasteiger partial charge >= 0.3 is 12.2 Å². The van der Waals surface area contributed by atoms with Gasteiger partial charge in [0, 0.05) is 16.8 Å². The van der Waals surface area contributed by atoms with Crippen LogP contribution in [0, 0.1) is 0 Å². The summed E-state index contributed by atoms with van der Waals surface area (Å²) in [6, 6.07) is 11.0. The van der Waals surface area contributed by atoms with E-state index in [0.29, 0.717) is 11.5 Å². The predicted octanol–water partition coefficient (Wildman–Crippen LogP) is 4.23. The summed E-state index contributed by atoms with van der Waals surface area (Å²) in [6.07, 6.45) is -2.87. The molecular weight excluding hydrogens is 347 g/mol. The molecule has 2 aliphatic heterocycles. The van der Waals surface area contributed by atoms with Crippen molar-refractivity contribution in [2.24, 2.45) is 5.10 Å². The van der Waals surface area contributed by atoms with E-state index in [1.54, 1.807) is 12.3 Å². The number of fused-ring (bicyclic) bond motifs is 3. The number of hydrazone groups is 1. The third-order valence-corrected chi connectivity index (χ3v) is 4.01. The van der Waals surface area contributed by atoms with Crippen LogP contribution in [0.4, 0.5) is 23.7 Å². The minimum absolute atomic E-state index is 0.218. The maximum Gasteiger partial charge on any atom is 0.416 e. The van der Waals surface area contributed by atoms with Gasteiger partial charge in [-0.05, 0) is 36.4 Å². The second-order valence-electron chi connectivity index (χ2n) is 5.77. The number of amides is 2. The van der Waals surface area contributed by atoms with Crippen molar-refractivity contribution in [2.75, 3.05) is 11.9 Å². The number of nitrogens with zero attached hydrogens (tertiary/aromatic N) is 2. The molecule has 5 nitrogen and oxygen atoms in total. The number of carbonyl (C=O) groups is 1. The lowest BCUT2D eigenvalue weighted by Crippen LogP contribution is -2.29. The molecule has 0 fully saturated rings. The van der Waals surface area contributed by atoms with E-state index in [1.165, 1.54) is 17.1 Å².